The Balaban J connectivity index is 1.37. The van der Waals surface area contributed by atoms with Crippen molar-refractivity contribution in [2.24, 2.45) is 5.92 Å². The number of nitrogens with zero attached hydrogens (tertiary/aromatic N) is 3. The lowest BCUT2D eigenvalue weighted by molar-refractivity contribution is -0.130. The summed E-state index contributed by atoms with van der Waals surface area (Å²) in [5.74, 6) is 0.932. The van der Waals surface area contributed by atoms with Gasteiger partial charge in [-0.05, 0) is 24.3 Å². The van der Waals surface area contributed by atoms with E-state index >= 15 is 0 Å². The third kappa shape index (κ3) is 5.27. The molecule has 5 nitrogen and oxygen atoms in total. The second-order valence-electron chi connectivity index (χ2n) is 7.48. The zero-order valence-electron chi connectivity index (χ0n) is 15.3. The second kappa shape index (κ2) is 8.79. The van der Waals surface area contributed by atoms with Gasteiger partial charge in [-0.15, -0.1) is 0 Å². The highest BCUT2D eigenvalue weighted by atomic mass is 16.3. The number of benzene rings is 1. The molecule has 3 rings (SSSR count). The Kier molecular flexibility index (Phi) is 6.45. The average Bonchev–Trinajstić information content (AvgIpc) is 2.64. The van der Waals surface area contributed by atoms with Gasteiger partial charge in [-0.3, -0.25) is 9.69 Å². The summed E-state index contributed by atoms with van der Waals surface area (Å²) in [6.07, 6.45) is 1.86. The number of hydrogen-bond donors (Lipinski definition) is 1. The summed E-state index contributed by atoms with van der Waals surface area (Å²) >= 11 is 0. The van der Waals surface area contributed by atoms with E-state index in [1.807, 2.05) is 35.2 Å². The van der Waals surface area contributed by atoms with Gasteiger partial charge < -0.3 is 14.9 Å². The van der Waals surface area contributed by atoms with Crippen molar-refractivity contribution in [3.8, 4) is 0 Å². The number of carbonyl (C=O) groups excluding carboxylic acids is 1. The van der Waals surface area contributed by atoms with Crippen molar-refractivity contribution >= 4 is 5.91 Å². The SMILES string of the molecule is CC(=O)N1CCC(CN2CCN(CC(O)c3ccccc3)CC2)CC1. The summed E-state index contributed by atoms with van der Waals surface area (Å²) in [5, 5.41) is 10.4. The van der Waals surface area contributed by atoms with Crippen LogP contribution in [0.25, 0.3) is 0 Å². The van der Waals surface area contributed by atoms with E-state index in [2.05, 4.69) is 9.80 Å². The molecule has 0 aliphatic carbocycles. The number of aliphatic hydroxyl groups is 1. The predicted octanol–water partition coefficient (Wildman–Crippen LogP) is 1.60. The Morgan fingerprint density at radius 1 is 1.04 bits per heavy atom. The lowest BCUT2D eigenvalue weighted by atomic mass is 9.96. The van der Waals surface area contributed by atoms with Crippen molar-refractivity contribution in [2.45, 2.75) is 25.9 Å². The monoisotopic (exact) mass is 345 g/mol. The zero-order valence-corrected chi connectivity index (χ0v) is 15.3. The molecule has 2 heterocycles. The minimum atomic E-state index is -0.399. The number of aliphatic hydroxyl groups excluding tert-OH is 1. The molecule has 0 spiro atoms. The highest BCUT2D eigenvalue weighted by Crippen LogP contribution is 2.20. The molecule has 1 aromatic rings. The molecule has 138 valence electrons. The number of β-amino-alcohol motifs (C(OH)–C–C–N with tert-alkyl or cyclic N) is 1. The number of piperidine rings is 1. The van der Waals surface area contributed by atoms with Gasteiger partial charge in [0.1, 0.15) is 0 Å². The van der Waals surface area contributed by atoms with Gasteiger partial charge in [-0.2, -0.15) is 0 Å². The number of rotatable bonds is 5. The lowest BCUT2D eigenvalue weighted by Crippen LogP contribution is -2.49. The van der Waals surface area contributed by atoms with Crippen molar-refractivity contribution in [3.05, 3.63) is 35.9 Å². The summed E-state index contributed by atoms with van der Waals surface area (Å²) < 4.78 is 0. The largest absolute Gasteiger partial charge is 0.387 e. The summed E-state index contributed by atoms with van der Waals surface area (Å²) in [7, 11) is 0. The van der Waals surface area contributed by atoms with Crippen LogP contribution < -0.4 is 0 Å². The van der Waals surface area contributed by atoms with Crippen molar-refractivity contribution < 1.29 is 9.90 Å². The zero-order chi connectivity index (χ0) is 17.6. The van der Waals surface area contributed by atoms with Gasteiger partial charge in [-0.1, -0.05) is 30.3 Å². The third-order valence-electron chi connectivity index (χ3n) is 5.66. The molecule has 1 aromatic carbocycles. The van der Waals surface area contributed by atoms with Gasteiger partial charge in [0, 0.05) is 59.3 Å². The topological polar surface area (TPSA) is 47.0 Å². The van der Waals surface area contributed by atoms with Gasteiger partial charge in [0.15, 0.2) is 0 Å². The fourth-order valence-electron chi connectivity index (χ4n) is 3.98. The van der Waals surface area contributed by atoms with E-state index in [-0.39, 0.29) is 5.91 Å². The molecule has 1 amide bonds. The number of amides is 1. The standard InChI is InChI=1S/C20H31N3O2/c1-17(24)23-9-7-18(8-10-23)15-21-11-13-22(14-12-21)16-20(25)19-5-3-2-4-6-19/h2-6,18,20,25H,7-16H2,1H3. The molecule has 2 fully saturated rings. The fourth-order valence-corrected chi connectivity index (χ4v) is 3.98. The maximum atomic E-state index is 11.4. The van der Waals surface area contributed by atoms with E-state index < -0.39 is 6.10 Å². The minimum absolute atomic E-state index is 0.212. The lowest BCUT2D eigenvalue weighted by Gasteiger charge is -2.39. The van der Waals surface area contributed by atoms with Crippen LogP contribution in [0.15, 0.2) is 30.3 Å². The quantitative estimate of drug-likeness (QED) is 0.880. The maximum Gasteiger partial charge on any atom is 0.219 e. The normalized spacial score (nSPS) is 22.1. The number of carbonyl (C=O) groups is 1. The summed E-state index contributed by atoms with van der Waals surface area (Å²) in [4.78, 5) is 18.3. The number of likely N-dealkylation sites (tertiary alicyclic amines) is 1. The van der Waals surface area contributed by atoms with Crippen molar-refractivity contribution in [2.75, 3.05) is 52.4 Å². The Labute approximate surface area is 151 Å². The molecule has 2 aliphatic heterocycles. The smallest absolute Gasteiger partial charge is 0.219 e. The average molecular weight is 345 g/mol. The molecule has 1 N–H and O–H groups in total. The number of piperazine rings is 1. The van der Waals surface area contributed by atoms with Crippen LogP contribution in [-0.4, -0.2) is 78.1 Å². The van der Waals surface area contributed by atoms with Crippen LogP contribution in [0, 0.1) is 5.92 Å². The van der Waals surface area contributed by atoms with E-state index in [0.29, 0.717) is 0 Å². The fraction of sp³-hybridized carbons (Fsp3) is 0.650. The van der Waals surface area contributed by atoms with Crippen LogP contribution in [0.5, 0.6) is 0 Å². The number of hydrogen-bond acceptors (Lipinski definition) is 4. The summed E-state index contributed by atoms with van der Waals surface area (Å²) in [5.41, 5.74) is 1.00. The first-order chi connectivity index (χ1) is 12.1. The molecule has 1 atom stereocenters. The minimum Gasteiger partial charge on any atom is -0.387 e. The van der Waals surface area contributed by atoms with Gasteiger partial charge in [0.2, 0.25) is 5.91 Å². The van der Waals surface area contributed by atoms with E-state index in [1.54, 1.807) is 6.92 Å². The molecule has 0 saturated carbocycles. The van der Waals surface area contributed by atoms with Gasteiger partial charge in [0.05, 0.1) is 6.10 Å². The van der Waals surface area contributed by atoms with Gasteiger partial charge >= 0.3 is 0 Å². The highest BCUT2D eigenvalue weighted by Gasteiger charge is 2.25. The van der Waals surface area contributed by atoms with Crippen LogP contribution in [0.3, 0.4) is 0 Å². The molecular weight excluding hydrogens is 314 g/mol. The molecule has 0 radical (unpaired) electrons. The van der Waals surface area contributed by atoms with Crippen LogP contribution >= 0.6 is 0 Å². The van der Waals surface area contributed by atoms with Crippen LogP contribution in [0.4, 0.5) is 0 Å². The molecule has 2 aliphatic rings. The van der Waals surface area contributed by atoms with E-state index in [1.165, 1.54) is 0 Å². The van der Waals surface area contributed by atoms with Crippen LogP contribution in [0.1, 0.15) is 31.4 Å². The molecule has 25 heavy (non-hydrogen) atoms. The first-order valence-electron chi connectivity index (χ1n) is 9.55. The summed E-state index contributed by atoms with van der Waals surface area (Å²) in [6, 6.07) is 9.93. The van der Waals surface area contributed by atoms with Crippen molar-refractivity contribution in [1.82, 2.24) is 14.7 Å². The first kappa shape index (κ1) is 18.4. The van der Waals surface area contributed by atoms with E-state index in [0.717, 1.165) is 76.7 Å². The van der Waals surface area contributed by atoms with E-state index in [4.69, 9.17) is 0 Å². The Morgan fingerprint density at radius 2 is 1.64 bits per heavy atom. The Morgan fingerprint density at radius 3 is 2.24 bits per heavy atom. The second-order valence-corrected chi connectivity index (χ2v) is 7.48. The van der Waals surface area contributed by atoms with Crippen LogP contribution in [-0.2, 0) is 4.79 Å². The molecule has 0 aromatic heterocycles. The first-order valence-corrected chi connectivity index (χ1v) is 9.55. The van der Waals surface area contributed by atoms with Crippen molar-refractivity contribution in [1.29, 1.82) is 0 Å². The molecule has 2 saturated heterocycles. The Hall–Kier alpha value is -1.43. The van der Waals surface area contributed by atoms with Gasteiger partial charge in [-0.25, -0.2) is 0 Å². The van der Waals surface area contributed by atoms with E-state index in [9.17, 15) is 9.90 Å². The molecule has 1 unspecified atom stereocenters. The molecular formula is C20H31N3O2. The highest BCUT2D eigenvalue weighted by molar-refractivity contribution is 5.73. The molecule has 5 heteroatoms. The summed E-state index contributed by atoms with van der Waals surface area (Å²) in [6.45, 7) is 9.58. The third-order valence-corrected chi connectivity index (χ3v) is 5.66. The van der Waals surface area contributed by atoms with Crippen LogP contribution in [0.2, 0.25) is 0 Å². The maximum absolute atomic E-state index is 11.4. The molecule has 0 bridgehead atoms. The Bertz CT molecular complexity index is 535. The predicted molar refractivity (Wildman–Crippen MR) is 99.3 cm³/mol. The van der Waals surface area contributed by atoms with Gasteiger partial charge in [0.25, 0.3) is 0 Å². The van der Waals surface area contributed by atoms with Crippen molar-refractivity contribution in [3.63, 3.8) is 0 Å².